The summed E-state index contributed by atoms with van der Waals surface area (Å²) >= 11 is 0. The number of carbonyl (C=O) groups excluding carboxylic acids is 1. The van der Waals surface area contributed by atoms with E-state index in [4.69, 9.17) is 5.26 Å². The molecule has 0 saturated carbocycles. The first-order valence-electron chi connectivity index (χ1n) is 9.02. The number of nitrogens with one attached hydrogen (secondary N) is 1. The highest BCUT2D eigenvalue weighted by Crippen LogP contribution is 2.30. The van der Waals surface area contributed by atoms with E-state index in [-0.39, 0.29) is 5.91 Å². The zero-order valence-corrected chi connectivity index (χ0v) is 15.6. The van der Waals surface area contributed by atoms with Crippen LogP contribution in [0.15, 0.2) is 59.9 Å². The number of hydrogen-bond acceptors (Lipinski definition) is 6. The number of aromatic nitrogens is 2. The van der Waals surface area contributed by atoms with Crippen molar-refractivity contribution in [1.29, 1.82) is 5.26 Å². The summed E-state index contributed by atoms with van der Waals surface area (Å²) in [6.45, 7) is 1.95. The van der Waals surface area contributed by atoms with E-state index in [1.165, 1.54) is 12.3 Å². The van der Waals surface area contributed by atoms with Crippen LogP contribution in [0.4, 0.5) is 11.5 Å². The molecule has 7 nitrogen and oxygen atoms in total. The molecule has 3 heterocycles. The average Bonchev–Trinajstić information content (AvgIpc) is 3.17. The van der Waals surface area contributed by atoms with Crippen LogP contribution in [0.1, 0.15) is 38.8 Å². The van der Waals surface area contributed by atoms with Gasteiger partial charge in [-0.05, 0) is 42.8 Å². The van der Waals surface area contributed by atoms with Crippen LogP contribution < -0.4 is 5.32 Å². The molecule has 3 aromatic rings. The Balaban J connectivity index is 1.46. The zero-order chi connectivity index (χ0) is 20.4. The molecule has 0 aliphatic carbocycles. The van der Waals surface area contributed by atoms with Gasteiger partial charge in [-0.25, -0.2) is 4.98 Å². The number of aryl methyl sites for hydroxylation is 1. The maximum atomic E-state index is 12.3. The Bertz CT molecular complexity index is 1160. The molecule has 0 radical (unpaired) electrons. The van der Waals surface area contributed by atoms with Gasteiger partial charge in [0.15, 0.2) is 0 Å². The Labute approximate surface area is 167 Å². The Morgan fingerprint density at radius 3 is 2.83 bits per heavy atom. The third kappa shape index (κ3) is 3.88. The van der Waals surface area contributed by atoms with E-state index in [2.05, 4.69) is 20.3 Å². The van der Waals surface area contributed by atoms with E-state index in [0.29, 0.717) is 34.6 Å². The Kier molecular flexibility index (Phi) is 4.85. The van der Waals surface area contributed by atoms with Crippen LogP contribution >= 0.6 is 0 Å². The zero-order valence-electron chi connectivity index (χ0n) is 15.6. The predicted molar refractivity (Wildman–Crippen MR) is 108 cm³/mol. The number of carbonyl (C=O) groups is 1. The van der Waals surface area contributed by atoms with Crippen LogP contribution in [-0.2, 0) is 6.42 Å². The van der Waals surface area contributed by atoms with E-state index in [1.54, 1.807) is 36.5 Å². The molecule has 0 bridgehead atoms. The summed E-state index contributed by atoms with van der Waals surface area (Å²) in [5.41, 5.74) is 4.63. The molecular weight excluding hydrogens is 366 g/mol. The van der Waals surface area contributed by atoms with E-state index in [9.17, 15) is 9.90 Å². The Hall–Kier alpha value is -3.89. The molecule has 1 aliphatic rings. The lowest BCUT2D eigenvalue weighted by molar-refractivity contribution is 0.102. The summed E-state index contributed by atoms with van der Waals surface area (Å²) in [6, 6.07) is 13.7. The van der Waals surface area contributed by atoms with Gasteiger partial charge in [-0.15, -0.1) is 0 Å². The van der Waals surface area contributed by atoms with E-state index in [0.717, 1.165) is 16.9 Å². The molecule has 1 aromatic carbocycles. The number of rotatable bonds is 4. The molecule has 7 heteroatoms. The van der Waals surface area contributed by atoms with Crippen molar-refractivity contribution >= 4 is 23.1 Å². The van der Waals surface area contributed by atoms with Gasteiger partial charge in [0.25, 0.3) is 5.91 Å². The molecule has 0 fully saturated rings. The lowest BCUT2D eigenvalue weighted by atomic mass is 10.0. The van der Waals surface area contributed by atoms with Crippen LogP contribution in [0.3, 0.4) is 0 Å². The van der Waals surface area contributed by atoms with Crippen molar-refractivity contribution in [2.75, 3.05) is 5.32 Å². The van der Waals surface area contributed by atoms with Gasteiger partial charge in [0.1, 0.15) is 11.9 Å². The molecule has 4 rings (SSSR count). The van der Waals surface area contributed by atoms with Crippen molar-refractivity contribution in [1.82, 2.24) is 9.97 Å². The molecule has 1 aliphatic heterocycles. The van der Waals surface area contributed by atoms with Crippen LogP contribution in [0, 0.1) is 18.3 Å². The number of pyridine rings is 2. The summed E-state index contributed by atoms with van der Waals surface area (Å²) < 4.78 is 0. The van der Waals surface area contributed by atoms with Gasteiger partial charge in [-0.3, -0.25) is 14.8 Å². The number of benzene rings is 1. The smallest absolute Gasteiger partial charge is 0.256 e. The highest BCUT2D eigenvalue weighted by molar-refractivity contribution is 6.04. The number of aliphatic imine (C=N–C) groups is 1. The molecule has 29 heavy (non-hydrogen) atoms. The topological polar surface area (TPSA) is 111 Å². The Morgan fingerprint density at radius 2 is 2.07 bits per heavy atom. The number of aliphatic hydroxyl groups excluding tert-OH is 1. The van der Waals surface area contributed by atoms with Gasteiger partial charge in [-0.1, -0.05) is 12.1 Å². The maximum absolute atomic E-state index is 12.3. The number of nitriles is 1. The SMILES string of the molecule is Cc1cnc2c(c1)N=C([C@@H](O)c1ccc(NC(=O)c3cccc(C#N)c3)nc1)C2. The molecule has 1 amide bonds. The van der Waals surface area contributed by atoms with Crippen LogP contribution in [0.5, 0.6) is 0 Å². The number of fused-ring (bicyclic) bond motifs is 1. The van der Waals surface area contributed by atoms with Crippen molar-refractivity contribution in [2.45, 2.75) is 19.4 Å². The molecule has 0 saturated heterocycles. The van der Waals surface area contributed by atoms with Crippen LogP contribution in [0.2, 0.25) is 0 Å². The molecule has 2 aromatic heterocycles. The normalized spacial score (nSPS) is 13.2. The van der Waals surface area contributed by atoms with Crippen molar-refractivity contribution < 1.29 is 9.90 Å². The maximum Gasteiger partial charge on any atom is 0.256 e. The number of aliphatic hydroxyl groups is 1. The summed E-state index contributed by atoms with van der Waals surface area (Å²) in [5.74, 6) is -0.0118. The molecule has 0 spiro atoms. The van der Waals surface area contributed by atoms with E-state index < -0.39 is 6.10 Å². The lowest BCUT2D eigenvalue weighted by Gasteiger charge is -2.11. The quantitative estimate of drug-likeness (QED) is 0.718. The first kappa shape index (κ1) is 18.5. The Morgan fingerprint density at radius 1 is 1.21 bits per heavy atom. The second-order valence-electron chi connectivity index (χ2n) is 6.78. The largest absolute Gasteiger partial charge is 0.382 e. The summed E-state index contributed by atoms with van der Waals surface area (Å²) in [7, 11) is 0. The van der Waals surface area contributed by atoms with Gasteiger partial charge in [0.2, 0.25) is 0 Å². The number of hydrogen-bond donors (Lipinski definition) is 2. The number of anilines is 1. The third-order valence-electron chi connectivity index (χ3n) is 4.61. The van der Waals surface area contributed by atoms with Crippen molar-refractivity contribution in [3.63, 3.8) is 0 Å². The van der Waals surface area contributed by atoms with Crippen LogP contribution in [0.25, 0.3) is 0 Å². The van der Waals surface area contributed by atoms with Crippen molar-refractivity contribution in [3.05, 3.63) is 82.8 Å². The minimum atomic E-state index is -0.894. The van der Waals surface area contributed by atoms with Gasteiger partial charge in [0.05, 0.1) is 28.7 Å². The van der Waals surface area contributed by atoms with Gasteiger partial charge in [-0.2, -0.15) is 5.26 Å². The molecule has 142 valence electrons. The second kappa shape index (κ2) is 7.62. The second-order valence-corrected chi connectivity index (χ2v) is 6.78. The first-order valence-corrected chi connectivity index (χ1v) is 9.02. The molecule has 1 atom stereocenters. The molecule has 0 unspecified atom stereocenters. The lowest BCUT2D eigenvalue weighted by Crippen LogP contribution is -2.15. The summed E-state index contributed by atoms with van der Waals surface area (Å²) in [6.07, 6.45) is 2.89. The van der Waals surface area contributed by atoms with Crippen molar-refractivity contribution in [3.8, 4) is 6.07 Å². The van der Waals surface area contributed by atoms with Gasteiger partial charge >= 0.3 is 0 Å². The monoisotopic (exact) mass is 383 g/mol. The summed E-state index contributed by atoms with van der Waals surface area (Å²) in [4.78, 5) is 25.4. The van der Waals surface area contributed by atoms with Gasteiger partial charge < -0.3 is 10.4 Å². The third-order valence-corrected chi connectivity index (χ3v) is 4.61. The summed E-state index contributed by atoms with van der Waals surface area (Å²) in [5, 5.41) is 22.3. The predicted octanol–water partition coefficient (Wildman–Crippen LogP) is 3.27. The fourth-order valence-corrected chi connectivity index (χ4v) is 3.09. The number of amides is 1. The van der Waals surface area contributed by atoms with Crippen LogP contribution in [-0.4, -0.2) is 26.7 Å². The first-order chi connectivity index (χ1) is 14.0. The average molecular weight is 383 g/mol. The van der Waals surface area contributed by atoms with E-state index in [1.807, 2.05) is 19.1 Å². The fourth-order valence-electron chi connectivity index (χ4n) is 3.09. The molecular formula is C22H17N5O2. The molecule has 2 N–H and O–H groups in total. The van der Waals surface area contributed by atoms with E-state index >= 15 is 0 Å². The standard InChI is InChI=1S/C22H17N5O2/c1-13-7-18-17(24-11-13)9-19(26-18)21(28)16-5-6-20(25-12-16)27-22(29)15-4-2-3-14(8-15)10-23/h2-8,11-12,21,28H,9H2,1H3,(H,25,27,29)/t21-/m0/s1. The minimum absolute atomic E-state index is 0.349. The number of nitrogens with zero attached hydrogens (tertiary/aromatic N) is 4. The fraction of sp³-hybridized carbons (Fsp3) is 0.136. The highest BCUT2D eigenvalue weighted by Gasteiger charge is 2.23. The van der Waals surface area contributed by atoms with Gasteiger partial charge in [0, 0.05) is 29.9 Å². The minimum Gasteiger partial charge on any atom is -0.382 e. The highest BCUT2D eigenvalue weighted by atomic mass is 16.3. The van der Waals surface area contributed by atoms with Crippen molar-refractivity contribution in [2.24, 2.45) is 4.99 Å².